The summed E-state index contributed by atoms with van der Waals surface area (Å²) in [6.07, 6.45) is 7.64. The highest BCUT2D eigenvalue weighted by Crippen LogP contribution is 2.11. The second kappa shape index (κ2) is 10.3. The number of nitrogens with zero attached hydrogens (tertiary/aromatic N) is 1. The molecule has 0 aromatic rings. The van der Waals surface area contributed by atoms with E-state index in [9.17, 15) is 14.4 Å². The zero-order valence-electron chi connectivity index (χ0n) is 12.3. The Morgan fingerprint density at radius 2 is 1.23 bits per heavy atom. The Bertz CT molecular complexity index is 424. The van der Waals surface area contributed by atoms with E-state index < -0.39 is 17.7 Å². The van der Waals surface area contributed by atoms with Crippen molar-refractivity contribution >= 4 is 17.7 Å². The Morgan fingerprint density at radius 1 is 0.818 bits per heavy atom. The van der Waals surface area contributed by atoms with Gasteiger partial charge < -0.3 is 28.3 Å². The first-order chi connectivity index (χ1) is 10.3. The third kappa shape index (κ3) is 9.42. The van der Waals surface area contributed by atoms with Gasteiger partial charge >= 0.3 is 0 Å². The molecule has 3 amide bonds. The van der Waals surface area contributed by atoms with Crippen LogP contribution in [0.25, 0.3) is 0 Å². The van der Waals surface area contributed by atoms with E-state index in [-0.39, 0.29) is 4.48 Å². The Morgan fingerprint density at radius 3 is 1.55 bits per heavy atom. The molecule has 0 saturated carbocycles. The van der Waals surface area contributed by atoms with Crippen LogP contribution in [-0.2, 0) is 14.4 Å². The predicted octanol–water partition coefficient (Wildman–Crippen LogP) is -2.65. The van der Waals surface area contributed by atoms with Crippen LogP contribution in [0.4, 0.5) is 0 Å². The molecule has 0 aliphatic heterocycles. The van der Waals surface area contributed by atoms with Gasteiger partial charge in [0.05, 0.1) is 18.2 Å². The maximum atomic E-state index is 11.0. The molecule has 0 radical (unpaired) electrons. The van der Waals surface area contributed by atoms with E-state index >= 15 is 0 Å². The molecule has 9 heteroatoms. The molecule has 0 aliphatic rings. The summed E-state index contributed by atoms with van der Waals surface area (Å²) in [5.74, 6) is -2.01. The van der Waals surface area contributed by atoms with Gasteiger partial charge in [-0.3, -0.25) is 14.4 Å². The summed E-state index contributed by atoms with van der Waals surface area (Å²) < 4.78 is -0.146. The van der Waals surface area contributed by atoms with E-state index in [0.29, 0.717) is 26.2 Å². The van der Waals surface area contributed by atoms with Crippen LogP contribution in [0, 0.1) is 0 Å². The summed E-state index contributed by atoms with van der Waals surface area (Å²) in [6.45, 7) is 1.92. The Labute approximate surface area is 128 Å². The molecule has 0 unspecified atom stereocenters. The number of hydrogen-bond donors (Lipinski definition) is 5. The van der Waals surface area contributed by atoms with Gasteiger partial charge in [-0.05, 0) is 0 Å². The molecule has 0 fully saturated rings. The molecule has 0 atom stereocenters. The minimum atomic E-state index is -0.669. The van der Waals surface area contributed by atoms with Crippen molar-refractivity contribution in [2.24, 2.45) is 22.9 Å². The largest absolute Gasteiger partial charge is 0.366 e. The first-order valence-corrected chi connectivity index (χ1v) is 6.55. The van der Waals surface area contributed by atoms with Gasteiger partial charge in [0.15, 0.2) is 0 Å². The van der Waals surface area contributed by atoms with Gasteiger partial charge in [-0.1, -0.05) is 0 Å². The maximum absolute atomic E-state index is 11.0. The number of carbonyl (C=O) groups is 3. The van der Waals surface area contributed by atoms with Crippen LogP contribution in [0.3, 0.4) is 0 Å². The lowest BCUT2D eigenvalue weighted by Gasteiger charge is -2.26. The second-order valence-corrected chi connectivity index (χ2v) is 4.41. The minimum Gasteiger partial charge on any atom is -0.366 e. The summed E-state index contributed by atoms with van der Waals surface area (Å²) in [7, 11) is 0. The molecule has 22 heavy (non-hydrogen) atoms. The van der Waals surface area contributed by atoms with Gasteiger partial charge in [0, 0.05) is 19.6 Å². The highest BCUT2D eigenvalue weighted by atomic mass is 16.1. The molecule has 0 aromatic heterocycles. The third-order valence-electron chi connectivity index (χ3n) is 2.55. The van der Waals surface area contributed by atoms with Crippen molar-refractivity contribution in [1.29, 1.82) is 0 Å². The molecule has 0 aromatic carbocycles. The first-order valence-electron chi connectivity index (χ1n) is 6.55. The van der Waals surface area contributed by atoms with E-state index in [0.717, 1.165) is 18.2 Å². The van der Waals surface area contributed by atoms with E-state index in [2.05, 4.69) is 5.32 Å². The fraction of sp³-hybridized carbons (Fsp3) is 0.308. The highest BCUT2D eigenvalue weighted by Gasteiger charge is 2.20. The quantitative estimate of drug-likeness (QED) is 0.159. The smallest absolute Gasteiger partial charge is 0.246 e. The summed E-state index contributed by atoms with van der Waals surface area (Å²) in [6, 6.07) is 0. The second-order valence-electron chi connectivity index (χ2n) is 4.41. The number of hydrogen-bond acceptors (Lipinski definition) is 5. The van der Waals surface area contributed by atoms with Crippen molar-refractivity contribution in [2.45, 2.75) is 0 Å². The molecule has 0 aliphatic carbocycles. The Balaban J connectivity index is 5.42. The fourth-order valence-electron chi connectivity index (χ4n) is 1.51. The monoisotopic (exact) mass is 311 g/mol. The van der Waals surface area contributed by atoms with Crippen LogP contribution in [0.2, 0.25) is 0 Å². The molecule has 0 saturated heterocycles. The van der Waals surface area contributed by atoms with Crippen LogP contribution in [-0.4, -0.2) is 48.4 Å². The predicted molar refractivity (Wildman–Crippen MR) is 82.1 cm³/mol. The lowest BCUT2D eigenvalue weighted by molar-refractivity contribution is -0.771. The van der Waals surface area contributed by atoms with Gasteiger partial charge in [0.2, 0.25) is 17.7 Å². The minimum absolute atomic E-state index is 0.146. The number of quaternary nitrogens is 1. The molecule has 0 bridgehead atoms. The molecule has 0 spiro atoms. The van der Waals surface area contributed by atoms with Crippen molar-refractivity contribution in [3.05, 3.63) is 36.8 Å². The van der Waals surface area contributed by atoms with Crippen LogP contribution < -0.4 is 28.3 Å². The lowest BCUT2D eigenvalue weighted by atomic mass is 10.3. The third-order valence-corrected chi connectivity index (χ3v) is 2.55. The fourth-order valence-corrected chi connectivity index (χ4v) is 1.51. The molecule has 122 valence electrons. The summed E-state index contributed by atoms with van der Waals surface area (Å²) in [5.41, 5.74) is 20.6. The average molecular weight is 311 g/mol. The normalized spacial score (nSPS) is 14.6. The molecular weight excluding hydrogens is 288 g/mol. The molecule has 9 nitrogen and oxygen atoms in total. The summed E-state index contributed by atoms with van der Waals surface area (Å²) in [4.78, 5) is 32.9. The van der Waals surface area contributed by atoms with Crippen molar-refractivity contribution in [2.75, 3.05) is 26.2 Å². The maximum Gasteiger partial charge on any atom is 0.246 e. The van der Waals surface area contributed by atoms with E-state index in [4.69, 9.17) is 22.9 Å². The zero-order chi connectivity index (χ0) is 17.0. The highest BCUT2D eigenvalue weighted by molar-refractivity contribution is 5.86. The number of rotatable bonds is 11. The van der Waals surface area contributed by atoms with Gasteiger partial charge in [-0.15, -0.1) is 0 Å². The van der Waals surface area contributed by atoms with Crippen molar-refractivity contribution in [3.8, 4) is 0 Å². The van der Waals surface area contributed by atoms with E-state index in [1.807, 2.05) is 0 Å². The Hall–Kier alpha value is -2.49. The topological polar surface area (TPSA) is 167 Å². The van der Waals surface area contributed by atoms with Crippen LogP contribution >= 0.6 is 0 Å². The number of carbonyl (C=O) groups excluding carboxylic acids is 3. The molecule has 0 heterocycles. The number of nitrogens with two attached hydrogens (primary N) is 4. The van der Waals surface area contributed by atoms with Crippen molar-refractivity contribution in [3.63, 3.8) is 0 Å². The molecule has 9 N–H and O–H groups in total. The number of nitrogens with one attached hydrogen (secondary N) is 1. The first kappa shape index (κ1) is 19.5. The van der Waals surface area contributed by atoms with E-state index in [1.165, 1.54) is 18.6 Å². The van der Waals surface area contributed by atoms with Gasteiger partial charge in [-0.25, -0.2) is 4.48 Å². The lowest BCUT2D eigenvalue weighted by Crippen LogP contribution is -2.40. The molecular formula is C13H23N6O3+. The molecule has 0 rings (SSSR count). The van der Waals surface area contributed by atoms with Crippen molar-refractivity contribution < 1.29 is 18.9 Å². The number of primary amides is 3. The van der Waals surface area contributed by atoms with Gasteiger partial charge in [0.25, 0.3) is 0 Å². The Kier molecular flexibility index (Phi) is 9.11. The van der Waals surface area contributed by atoms with Gasteiger partial charge in [0.1, 0.15) is 25.1 Å². The van der Waals surface area contributed by atoms with Gasteiger partial charge in [-0.2, -0.15) is 0 Å². The number of amides is 3. The average Bonchev–Trinajstić information content (AvgIpc) is 2.44. The zero-order valence-corrected chi connectivity index (χ0v) is 12.3. The standard InChI is InChI=1S/C13H22N6O3/c14-4-5-18-6-10-19(7-1-11(15)20,8-2-12(16)21)9-3-13(17)22/h1-3,7-9,18H,4-6,10,14H2,(H5-,15,16,17,20,21,22)/p+1. The van der Waals surface area contributed by atoms with Crippen LogP contribution in [0.1, 0.15) is 0 Å². The van der Waals surface area contributed by atoms with Crippen LogP contribution in [0.5, 0.6) is 0 Å². The van der Waals surface area contributed by atoms with Crippen molar-refractivity contribution in [1.82, 2.24) is 5.32 Å². The summed E-state index contributed by atoms with van der Waals surface area (Å²) in [5, 5.41) is 3.06. The van der Waals surface area contributed by atoms with E-state index in [1.54, 1.807) is 0 Å². The summed E-state index contributed by atoms with van der Waals surface area (Å²) >= 11 is 0. The SMILES string of the molecule is NCCNCC[N+](C=CC(N)=O)(C=CC(N)=O)C=CC(N)=O. The van der Waals surface area contributed by atoms with Crippen LogP contribution in [0.15, 0.2) is 36.8 Å².